The minimum Gasteiger partial charge on any atom is -0.444 e. The molecule has 0 aliphatic rings. The number of nitro benzene ring substituents is 1. The first-order valence-electron chi connectivity index (χ1n) is 9.68. The summed E-state index contributed by atoms with van der Waals surface area (Å²) in [6.07, 6.45) is -0.500. The Morgan fingerprint density at radius 2 is 1.48 bits per heavy atom. The zero-order valence-corrected chi connectivity index (χ0v) is 18.8. The van der Waals surface area contributed by atoms with Crippen LogP contribution < -0.4 is 5.32 Å². The van der Waals surface area contributed by atoms with Gasteiger partial charge in [-0.1, -0.05) is 0 Å². The monoisotopic (exact) mass is 462 g/mol. The Balaban J connectivity index is 2.03. The fraction of sp³-hybridized carbons (Fsp3) is 0.632. The maximum absolute atomic E-state index is 12.2. The lowest BCUT2D eigenvalue weighted by Gasteiger charge is -2.19. The van der Waals surface area contributed by atoms with Crippen molar-refractivity contribution in [2.24, 2.45) is 0 Å². The highest BCUT2D eigenvalue weighted by atomic mass is 32.2. The van der Waals surface area contributed by atoms with Crippen LogP contribution >= 0.6 is 0 Å². The van der Waals surface area contributed by atoms with E-state index in [-0.39, 0.29) is 36.2 Å². The second kappa shape index (κ2) is 13.2. The van der Waals surface area contributed by atoms with Crippen molar-refractivity contribution in [3.63, 3.8) is 0 Å². The molecule has 0 bridgehead atoms. The third kappa shape index (κ3) is 12.2. The van der Waals surface area contributed by atoms with Crippen molar-refractivity contribution in [3.8, 4) is 0 Å². The summed E-state index contributed by atoms with van der Waals surface area (Å²) >= 11 is 0. The van der Waals surface area contributed by atoms with Gasteiger partial charge in [0.1, 0.15) is 5.60 Å². The topological polar surface area (TPSA) is 143 Å². The van der Waals surface area contributed by atoms with Gasteiger partial charge in [-0.05, 0) is 32.9 Å². The second-order valence-electron chi connectivity index (χ2n) is 7.34. The molecule has 0 saturated carbocycles. The Kier molecular flexibility index (Phi) is 11.4. The quantitative estimate of drug-likeness (QED) is 0.249. The Labute approximate surface area is 182 Å². The Bertz CT molecular complexity index is 790. The zero-order valence-electron chi connectivity index (χ0n) is 18.0. The van der Waals surface area contributed by atoms with Gasteiger partial charge in [-0.25, -0.2) is 13.2 Å². The molecular weight excluding hydrogens is 432 g/mol. The summed E-state index contributed by atoms with van der Waals surface area (Å²) in [6.45, 7) is 7.12. The van der Waals surface area contributed by atoms with Crippen LogP contribution in [-0.4, -0.2) is 77.0 Å². The molecule has 176 valence electrons. The van der Waals surface area contributed by atoms with Crippen LogP contribution in [0.4, 0.5) is 10.5 Å². The van der Waals surface area contributed by atoms with Gasteiger partial charge in [0.25, 0.3) is 5.69 Å². The molecule has 1 N–H and O–H groups in total. The number of nitro groups is 1. The fourth-order valence-electron chi connectivity index (χ4n) is 2.14. The van der Waals surface area contributed by atoms with E-state index in [9.17, 15) is 23.3 Å². The molecule has 0 spiro atoms. The third-order valence-electron chi connectivity index (χ3n) is 3.56. The van der Waals surface area contributed by atoms with Gasteiger partial charge in [0.15, 0.2) is 9.84 Å². The number of nitrogens with zero attached hydrogens (tertiary/aromatic N) is 1. The van der Waals surface area contributed by atoms with Gasteiger partial charge >= 0.3 is 6.09 Å². The van der Waals surface area contributed by atoms with E-state index in [2.05, 4.69) is 5.32 Å². The van der Waals surface area contributed by atoms with Gasteiger partial charge in [-0.15, -0.1) is 0 Å². The molecule has 31 heavy (non-hydrogen) atoms. The van der Waals surface area contributed by atoms with Crippen molar-refractivity contribution < 1.29 is 37.1 Å². The van der Waals surface area contributed by atoms with E-state index in [0.717, 1.165) is 12.1 Å². The van der Waals surface area contributed by atoms with Crippen LogP contribution in [0.2, 0.25) is 0 Å². The number of non-ortho nitro benzene ring substituents is 1. The SMILES string of the molecule is CC(C)(C)OC(=O)NCCOCCOCCOCCS(=O)(=O)c1ccc([N+](=O)[O-])cc1. The van der Waals surface area contributed by atoms with Gasteiger partial charge in [0.2, 0.25) is 0 Å². The molecule has 1 rings (SSSR count). The minimum absolute atomic E-state index is 0.0104. The minimum atomic E-state index is -3.58. The van der Waals surface area contributed by atoms with Crippen LogP contribution in [0.3, 0.4) is 0 Å². The molecule has 0 unspecified atom stereocenters. The average molecular weight is 463 g/mol. The number of rotatable bonds is 14. The first-order chi connectivity index (χ1) is 14.5. The maximum atomic E-state index is 12.2. The van der Waals surface area contributed by atoms with Crippen molar-refractivity contribution in [1.82, 2.24) is 5.32 Å². The lowest BCUT2D eigenvalue weighted by Crippen LogP contribution is -2.34. The molecule has 1 aromatic rings. The summed E-state index contributed by atoms with van der Waals surface area (Å²) in [5.41, 5.74) is -0.717. The van der Waals surface area contributed by atoms with E-state index in [1.54, 1.807) is 20.8 Å². The predicted molar refractivity (Wildman–Crippen MR) is 112 cm³/mol. The molecule has 1 aromatic carbocycles. The molecule has 0 atom stereocenters. The fourth-order valence-corrected chi connectivity index (χ4v) is 3.27. The van der Waals surface area contributed by atoms with Gasteiger partial charge in [-0.3, -0.25) is 10.1 Å². The molecule has 0 heterocycles. The zero-order chi connectivity index (χ0) is 23.3. The van der Waals surface area contributed by atoms with E-state index < -0.39 is 26.5 Å². The Morgan fingerprint density at radius 3 is 2.00 bits per heavy atom. The number of hydrogen-bond acceptors (Lipinski definition) is 9. The van der Waals surface area contributed by atoms with Gasteiger partial charge in [-0.2, -0.15) is 0 Å². The van der Waals surface area contributed by atoms with E-state index in [1.165, 1.54) is 12.1 Å². The number of hydrogen-bond donors (Lipinski definition) is 1. The molecule has 0 aliphatic heterocycles. The number of carbonyl (C=O) groups excluding carboxylic acids is 1. The summed E-state index contributed by atoms with van der Waals surface area (Å²) in [4.78, 5) is 21.4. The summed E-state index contributed by atoms with van der Waals surface area (Å²) in [7, 11) is -3.58. The average Bonchev–Trinajstić information content (AvgIpc) is 2.67. The van der Waals surface area contributed by atoms with Crippen LogP contribution in [0.25, 0.3) is 0 Å². The number of nitrogens with one attached hydrogen (secondary N) is 1. The van der Waals surface area contributed by atoms with Crippen molar-refractivity contribution >= 4 is 21.6 Å². The molecule has 12 heteroatoms. The summed E-state index contributed by atoms with van der Waals surface area (Å²) in [5, 5.41) is 13.2. The molecule has 0 aromatic heterocycles. The highest BCUT2D eigenvalue weighted by Crippen LogP contribution is 2.16. The van der Waals surface area contributed by atoms with E-state index in [4.69, 9.17) is 18.9 Å². The summed E-state index contributed by atoms with van der Waals surface area (Å²) in [6, 6.07) is 4.72. The number of amides is 1. The first kappa shape index (κ1) is 26.8. The number of benzene rings is 1. The summed E-state index contributed by atoms with van der Waals surface area (Å²) in [5.74, 6) is -0.238. The van der Waals surface area contributed by atoms with Gasteiger partial charge in [0.05, 0.1) is 55.2 Å². The number of sulfone groups is 1. The van der Waals surface area contributed by atoms with Crippen LogP contribution in [0.1, 0.15) is 20.8 Å². The lowest BCUT2D eigenvalue weighted by atomic mass is 10.2. The largest absolute Gasteiger partial charge is 0.444 e. The Hall–Kier alpha value is -2.28. The number of carbonyl (C=O) groups is 1. The van der Waals surface area contributed by atoms with Crippen LogP contribution in [-0.2, 0) is 28.8 Å². The first-order valence-corrected chi connectivity index (χ1v) is 11.3. The van der Waals surface area contributed by atoms with Crippen molar-refractivity contribution in [3.05, 3.63) is 34.4 Å². The molecule has 1 amide bonds. The summed E-state index contributed by atoms with van der Waals surface area (Å²) < 4.78 is 45.2. The molecule has 11 nitrogen and oxygen atoms in total. The predicted octanol–water partition coefficient (Wildman–Crippen LogP) is 1.94. The maximum Gasteiger partial charge on any atom is 0.407 e. The number of alkyl carbamates (subject to hydrolysis) is 1. The third-order valence-corrected chi connectivity index (χ3v) is 5.26. The van der Waals surface area contributed by atoms with E-state index in [0.29, 0.717) is 26.4 Å². The van der Waals surface area contributed by atoms with E-state index >= 15 is 0 Å². The van der Waals surface area contributed by atoms with Gasteiger partial charge < -0.3 is 24.3 Å². The van der Waals surface area contributed by atoms with Crippen molar-refractivity contribution in [2.45, 2.75) is 31.3 Å². The standard InChI is InChI=1S/C19H30N2O9S/c1-19(2,3)30-18(22)20-8-9-27-10-11-28-12-13-29-14-15-31(25,26)17-6-4-16(5-7-17)21(23)24/h4-7H,8-15H2,1-3H3,(H,20,22). The van der Waals surface area contributed by atoms with Gasteiger partial charge in [0, 0.05) is 18.7 Å². The smallest absolute Gasteiger partial charge is 0.407 e. The molecule has 0 radical (unpaired) electrons. The number of ether oxygens (including phenoxy) is 4. The van der Waals surface area contributed by atoms with Crippen molar-refractivity contribution in [2.75, 3.05) is 51.9 Å². The van der Waals surface area contributed by atoms with Crippen LogP contribution in [0.5, 0.6) is 0 Å². The molecule has 0 aliphatic carbocycles. The normalized spacial score (nSPS) is 11.8. The molecular formula is C19H30N2O9S. The highest BCUT2D eigenvalue weighted by molar-refractivity contribution is 7.91. The Morgan fingerprint density at radius 1 is 0.968 bits per heavy atom. The van der Waals surface area contributed by atoms with Crippen LogP contribution in [0.15, 0.2) is 29.2 Å². The van der Waals surface area contributed by atoms with Crippen molar-refractivity contribution in [1.29, 1.82) is 0 Å². The lowest BCUT2D eigenvalue weighted by molar-refractivity contribution is -0.384. The molecule has 0 fully saturated rings. The molecule has 0 saturated heterocycles. The van der Waals surface area contributed by atoms with E-state index in [1.807, 2.05) is 0 Å². The van der Waals surface area contributed by atoms with Crippen LogP contribution in [0, 0.1) is 10.1 Å². The highest BCUT2D eigenvalue weighted by Gasteiger charge is 2.16. The second-order valence-corrected chi connectivity index (χ2v) is 9.44.